The number of benzene rings is 3. The molecule has 3 aromatic rings. The summed E-state index contributed by atoms with van der Waals surface area (Å²) in [5.74, 6) is 0.0911. The van der Waals surface area contributed by atoms with Gasteiger partial charge >= 0.3 is 5.91 Å². The molecule has 32 heavy (non-hydrogen) atoms. The molecule has 0 radical (unpaired) electrons. The number of hydrazine groups is 1. The van der Waals surface area contributed by atoms with Crippen molar-refractivity contribution in [1.29, 1.82) is 0 Å². The van der Waals surface area contributed by atoms with Gasteiger partial charge in [-0.15, -0.1) is 10.1 Å². The van der Waals surface area contributed by atoms with Crippen LogP contribution in [0.3, 0.4) is 0 Å². The first-order valence-electron chi connectivity index (χ1n) is 10.2. The Morgan fingerprint density at radius 2 is 1.81 bits per heavy atom. The Balaban J connectivity index is 1.70. The fraction of sp³-hybridized carbons (Fsp3) is 0.160. The highest BCUT2D eigenvalue weighted by atomic mass is 35.5. The van der Waals surface area contributed by atoms with Gasteiger partial charge in [0.1, 0.15) is 5.75 Å². The third kappa shape index (κ3) is 4.65. The van der Waals surface area contributed by atoms with Crippen LogP contribution in [-0.4, -0.2) is 35.9 Å². The largest absolute Gasteiger partial charge is 0.497 e. The molecule has 1 aliphatic heterocycles. The molecule has 1 heterocycles. The van der Waals surface area contributed by atoms with Crippen molar-refractivity contribution in [2.24, 2.45) is 0 Å². The molecule has 4 rings (SSSR count). The molecule has 0 bridgehead atoms. The standard InChI is InChI=1S/C25H22ClN3O3/c1-16-6-8-19(9-7-16)24(30)27-22-23(18-10-12-20(26)13-11-18)29(28-25(22)31)15-17-4-3-5-21(14-17)32-2/h3-15,22-23H,1-2H3,(H-,27,28,30,31)/p+1/b29-15-/t22-,23-/m1/s1. The van der Waals surface area contributed by atoms with E-state index < -0.39 is 12.1 Å². The van der Waals surface area contributed by atoms with Gasteiger partial charge in [-0.25, -0.2) is 0 Å². The average Bonchev–Trinajstić information content (AvgIpc) is 3.09. The summed E-state index contributed by atoms with van der Waals surface area (Å²) in [6.45, 7) is 1.95. The van der Waals surface area contributed by atoms with Gasteiger partial charge in [-0.05, 0) is 49.4 Å². The van der Waals surface area contributed by atoms with E-state index in [2.05, 4.69) is 10.7 Å². The summed E-state index contributed by atoms with van der Waals surface area (Å²) in [5.41, 5.74) is 6.09. The number of aryl methyl sites for hydroxylation is 1. The van der Waals surface area contributed by atoms with Gasteiger partial charge in [0.25, 0.3) is 5.91 Å². The molecule has 1 saturated heterocycles. The Morgan fingerprint density at radius 1 is 1.09 bits per heavy atom. The Morgan fingerprint density at radius 3 is 2.50 bits per heavy atom. The predicted molar refractivity (Wildman–Crippen MR) is 123 cm³/mol. The number of amides is 2. The second-order valence-electron chi connectivity index (χ2n) is 7.60. The van der Waals surface area contributed by atoms with E-state index in [4.69, 9.17) is 16.3 Å². The van der Waals surface area contributed by atoms with Gasteiger partial charge in [-0.2, -0.15) is 0 Å². The van der Waals surface area contributed by atoms with Crippen LogP contribution in [0.1, 0.15) is 33.1 Å². The molecule has 1 aliphatic rings. The normalized spacial score (nSPS) is 19.0. The van der Waals surface area contributed by atoms with E-state index >= 15 is 0 Å². The highest BCUT2D eigenvalue weighted by molar-refractivity contribution is 6.30. The number of carbonyl (C=O) groups excluding carboxylic acids is 2. The summed E-state index contributed by atoms with van der Waals surface area (Å²) in [5, 5.41) is 3.49. The minimum atomic E-state index is -0.799. The average molecular weight is 449 g/mol. The van der Waals surface area contributed by atoms with Crippen molar-refractivity contribution in [2.75, 3.05) is 7.11 Å². The Hall–Kier alpha value is -3.64. The van der Waals surface area contributed by atoms with Gasteiger partial charge in [0.2, 0.25) is 12.3 Å². The highest BCUT2D eigenvalue weighted by Crippen LogP contribution is 2.27. The van der Waals surface area contributed by atoms with E-state index in [-0.39, 0.29) is 11.8 Å². The van der Waals surface area contributed by atoms with Crippen LogP contribution in [0.2, 0.25) is 5.02 Å². The van der Waals surface area contributed by atoms with E-state index in [1.54, 1.807) is 36.1 Å². The highest BCUT2D eigenvalue weighted by Gasteiger charge is 2.47. The van der Waals surface area contributed by atoms with Gasteiger partial charge in [0.15, 0.2) is 6.04 Å². The van der Waals surface area contributed by atoms with Gasteiger partial charge in [0, 0.05) is 21.7 Å². The minimum Gasteiger partial charge on any atom is -0.497 e. The molecule has 7 heteroatoms. The molecule has 2 N–H and O–H groups in total. The van der Waals surface area contributed by atoms with Gasteiger partial charge < -0.3 is 10.1 Å². The van der Waals surface area contributed by atoms with Crippen LogP contribution in [-0.2, 0) is 4.79 Å². The summed E-state index contributed by atoms with van der Waals surface area (Å²) >= 11 is 6.07. The number of hydrazone groups is 1. The summed E-state index contributed by atoms with van der Waals surface area (Å²) in [6, 6.07) is 20.7. The van der Waals surface area contributed by atoms with Gasteiger partial charge in [-0.3, -0.25) is 9.59 Å². The Kier molecular flexibility index (Phi) is 6.23. The van der Waals surface area contributed by atoms with Crippen molar-refractivity contribution < 1.29 is 19.0 Å². The van der Waals surface area contributed by atoms with Crippen molar-refractivity contribution >= 4 is 29.6 Å². The molecule has 6 nitrogen and oxygen atoms in total. The van der Waals surface area contributed by atoms with Gasteiger partial charge in [0.05, 0.1) is 7.11 Å². The van der Waals surface area contributed by atoms with Crippen LogP contribution in [0.25, 0.3) is 0 Å². The number of ether oxygens (including phenoxy) is 1. The predicted octanol–water partition coefficient (Wildman–Crippen LogP) is 3.67. The van der Waals surface area contributed by atoms with Crippen molar-refractivity contribution in [3.8, 4) is 5.75 Å². The van der Waals surface area contributed by atoms with Gasteiger partial charge in [-0.1, -0.05) is 47.5 Å². The molecule has 0 saturated carbocycles. The lowest BCUT2D eigenvalue weighted by Crippen LogP contribution is -2.42. The lowest BCUT2D eigenvalue weighted by molar-refractivity contribution is -0.596. The first kappa shape index (κ1) is 21.6. The number of hydrogen-bond donors (Lipinski definition) is 2. The summed E-state index contributed by atoms with van der Waals surface area (Å²) in [7, 11) is 1.60. The maximum Gasteiger partial charge on any atom is 0.304 e. The van der Waals surface area contributed by atoms with Crippen LogP contribution < -0.4 is 15.5 Å². The monoisotopic (exact) mass is 448 g/mol. The molecular weight excluding hydrogens is 426 g/mol. The summed E-state index contributed by atoms with van der Waals surface area (Å²) in [4.78, 5) is 25.8. The van der Waals surface area contributed by atoms with Crippen LogP contribution in [0.15, 0.2) is 72.8 Å². The Bertz CT molecular complexity index is 1170. The van der Waals surface area contributed by atoms with Crippen molar-refractivity contribution in [1.82, 2.24) is 10.7 Å². The third-order valence-electron chi connectivity index (χ3n) is 5.33. The maximum atomic E-state index is 12.9. The van der Waals surface area contributed by atoms with E-state index in [9.17, 15) is 9.59 Å². The first-order valence-corrected chi connectivity index (χ1v) is 10.5. The Labute approximate surface area is 191 Å². The lowest BCUT2D eigenvalue weighted by atomic mass is 9.99. The molecule has 0 unspecified atom stereocenters. The van der Waals surface area contributed by atoms with Crippen molar-refractivity contribution in [3.05, 3.63) is 100 Å². The maximum absolute atomic E-state index is 12.9. The van der Waals surface area contributed by atoms with E-state index in [1.807, 2.05) is 61.7 Å². The van der Waals surface area contributed by atoms with E-state index in [0.717, 1.165) is 16.7 Å². The second-order valence-corrected chi connectivity index (χ2v) is 8.04. The van der Waals surface area contributed by atoms with Crippen LogP contribution in [0.5, 0.6) is 5.75 Å². The molecule has 2 atom stereocenters. The molecule has 2 amide bonds. The molecule has 162 valence electrons. The number of nitrogens with zero attached hydrogens (tertiary/aromatic N) is 1. The van der Waals surface area contributed by atoms with Crippen molar-refractivity contribution in [3.63, 3.8) is 0 Å². The first-order chi connectivity index (χ1) is 15.4. The SMILES string of the molecule is COc1cccc(/C=[N+]2\NC(=O)[C@H](NC(=O)c3ccc(C)cc3)[C@H]2c2ccc(Cl)cc2)c1. The number of methoxy groups -OCH3 is 1. The zero-order valence-corrected chi connectivity index (χ0v) is 18.5. The van der Waals surface area contributed by atoms with Crippen LogP contribution in [0.4, 0.5) is 0 Å². The second kappa shape index (κ2) is 9.24. The lowest BCUT2D eigenvalue weighted by Gasteiger charge is -2.15. The number of carbonyl (C=O) groups is 2. The molecular formula is C25H23ClN3O3+. The van der Waals surface area contributed by atoms with Crippen LogP contribution >= 0.6 is 11.6 Å². The van der Waals surface area contributed by atoms with Crippen molar-refractivity contribution in [2.45, 2.75) is 19.0 Å². The number of nitrogens with one attached hydrogen (secondary N) is 2. The molecule has 0 aromatic heterocycles. The topological polar surface area (TPSA) is 70.4 Å². The molecule has 3 aromatic carbocycles. The molecule has 0 spiro atoms. The molecule has 0 aliphatic carbocycles. The number of halogens is 1. The summed E-state index contributed by atoms with van der Waals surface area (Å²) < 4.78 is 7.01. The number of hydrogen-bond acceptors (Lipinski definition) is 3. The summed E-state index contributed by atoms with van der Waals surface area (Å²) in [6.07, 6.45) is 1.82. The smallest absolute Gasteiger partial charge is 0.304 e. The van der Waals surface area contributed by atoms with E-state index in [0.29, 0.717) is 16.3 Å². The van der Waals surface area contributed by atoms with E-state index in [1.165, 1.54) is 0 Å². The number of rotatable bonds is 5. The zero-order chi connectivity index (χ0) is 22.7. The zero-order valence-electron chi connectivity index (χ0n) is 17.7. The fourth-order valence-corrected chi connectivity index (χ4v) is 3.78. The van der Waals surface area contributed by atoms with Crippen LogP contribution in [0, 0.1) is 6.92 Å². The third-order valence-corrected chi connectivity index (χ3v) is 5.58. The fourth-order valence-electron chi connectivity index (χ4n) is 3.65. The minimum absolute atomic E-state index is 0.301. The molecule has 1 fully saturated rings. The quantitative estimate of drug-likeness (QED) is 0.585.